The maximum Gasteiger partial charge on any atom is 0.240 e. The van der Waals surface area contributed by atoms with Crippen LogP contribution in [0.25, 0.3) is 0 Å². The summed E-state index contributed by atoms with van der Waals surface area (Å²) in [6, 6.07) is 21.9. The molecule has 1 aliphatic rings. The van der Waals surface area contributed by atoms with Gasteiger partial charge >= 0.3 is 0 Å². The molecule has 0 spiro atoms. The zero-order valence-electron chi connectivity index (χ0n) is 15.1. The van der Waals surface area contributed by atoms with Crippen LogP contribution in [0.15, 0.2) is 65.2 Å². The first-order valence-corrected chi connectivity index (χ1v) is 9.15. The molecule has 1 saturated heterocycles. The van der Waals surface area contributed by atoms with Gasteiger partial charge in [0, 0.05) is 26.2 Å². The molecule has 0 bridgehead atoms. The second-order valence-electron chi connectivity index (χ2n) is 6.77. The van der Waals surface area contributed by atoms with Crippen LogP contribution < -0.4 is 0 Å². The van der Waals surface area contributed by atoms with Gasteiger partial charge in [-0.15, -0.1) is 0 Å². The van der Waals surface area contributed by atoms with E-state index < -0.39 is 0 Å². The van der Waals surface area contributed by atoms with Crippen molar-refractivity contribution in [3.05, 3.63) is 83.5 Å². The van der Waals surface area contributed by atoms with Gasteiger partial charge in [0.2, 0.25) is 5.89 Å². The van der Waals surface area contributed by atoms with Crippen LogP contribution in [0.2, 0.25) is 0 Å². The van der Waals surface area contributed by atoms with Gasteiger partial charge < -0.3 is 4.52 Å². The Bertz CT molecular complexity index is 771. The summed E-state index contributed by atoms with van der Waals surface area (Å²) < 4.78 is 5.26. The van der Waals surface area contributed by atoms with E-state index in [0.717, 1.165) is 32.7 Å². The Kier molecular flexibility index (Phi) is 5.09. The molecule has 2 heterocycles. The second kappa shape index (κ2) is 7.81. The Morgan fingerprint density at radius 1 is 0.885 bits per heavy atom. The van der Waals surface area contributed by atoms with Crippen LogP contribution in [0.1, 0.15) is 28.9 Å². The topological polar surface area (TPSA) is 45.4 Å². The van der Waals surface area contributed by atoms with Crippen LogP contribution in [0.4, 0.5) is 0 Å². The summed E-state index contributed by atoms with van der Waals surface area (Å²) in [7, 11) is 0. The summed E-state index contributed by atoms with van der Waals surface area (Å²) >= 11 is 0. The summed E-state index contributed by atoms with van der Waals surface area (Å²) in [4.78, 5) is 9.28. The van der Waals surface area contributed by atoms with E-state index in [1.807, 2.05) is 6.92 Å². The highest BCUT2D eigenvalue weighted by Gasteiger charge is 2.26. The van der Waals surface area contributed by atoms with E-state index in [1.54, 1.807) is 0 Å². The van der Waals surface area contributed by atoms with E-state index >= 15 is 0 Å². The number of hydrogen-bond donors (Lipinski definition) is 0. The SMILES string of the molecule is Cc1noc(CN2CCN(C(c3ccccc3)c3ccccc3)CC2)n1. The highest BCUT2D eigenvalue weighted by atomic mass is 16.5. The van der Waals surface area contributed by atoms with Gasteiger partial charge in [-0.05, 0) is 18.1 Å². The fourth-order valence-electron chi connectivity index (χ4n) is 3.66. The first kappa shape index (κ1) is 16.9. The fourth-order valence-corrected chi connectivity index (χ4v) is 3.66. The lowest BCUT2D eigenvalue weighted by atomic mass is 9.96. The van der Waals surface area contributed by atoms with Crippen molar-refractivity contribution in [2.75, 3.05) is 26.2 Å². The minimum atomic E-state index is 0.296. The normalized spacial score (nSPS) is 16.2. The molecule has 0 unspecified atom stereocenters. The van der Waals surface area contributed by atoms with E-state index in [1.165, 1.54) is 11.1 Å². The fraction of sp³-hybridized carbons (Fsp3) is 0.333. The zero-order valence-corrected chi connectivity index (χ0v) is 15.1. The Balaban J connectivity index is 1.48. The average Bonchev–Trinajstić information content (AvgIpc) is 3.10. The molecule has 3 aromatic rings. The van der Waals surface area contributed by atoms with E-state index in [9.17, 15) is 0 Å². The molecule has 1 aromatic heterocycles. The highest BCUT2D eigenvalue weighted by molar-refractivity contribution is 5.31. The van der Waals surface area contributed by atoms with E-state index in [-0.39, 0.29) is 0 Å². The van der Waals surface area contributed by atoms with Gasteiger partial charge in [0.1, 0.15) is 0 Å². The second-order valence-corrected chi connectivity index (χ2v) is 6.77. The third kappa shape index (κ3) is 3.84. The van der Waals surface area contributed by atoms with E-state index in [2.05, 4.69) is 80.6 Å². The van der Waals surface area contributed by atoms with E-state index in [0.29, 0.717) is 17.8 Å². The molecule has 4 rings (SSSR count). The quantitative estimate of drug-likeness (QED) is 0.708. The van der Waals surface area contributed by atoms with Gasteiger partial charge in [0.05, 0.1) is 12.6 Å². The van der Waals surface area contributed by atoms with Crippen LogP contribution in [0.5, 0.6) is 0 Å². The Morgan fingerprint density at radius 2 is 1.46 bits per heavy atom. The number of piperazine rings is 1. The first-order chi connectivity index (χ1) is 12.8. The molecule has 1 fully saturated rings. The maximum absolute atomic E-state index is 5.26. The Hall–Kier alpha value is -2.50. The molecule has 0 aliphatic carbocycles. The van der Waals surface area contributed by atoms with Gasteiger partial charge in [0.15, 0.2) is 5.82 Å². The van der Waals surface area contributed by atoms with Crippen molar-refractivity contribution in [3.8, 4) is 0 Å². The summed E-state index contributed by atoms with van der Waals surface area (Å²) in [5.74, 6) is 1.41. The number of benzene rings is 2. The van der Waals surface area contributed by atoms with Gasteiger partial charge in [-0.25, -0.2) is 0 Å². The monoisotopic (exact) mass is 348 g/mol. The summed E-state index contributed by atoms with van der Waals surface area (Å²) in [6.07, 6.45) is 0. The lowest BCUT2D eigenvalue weighted by molar-refractivity contribution is 0.0966. The van der Waals surface area contributed by atoms with Crippen molar-refractivity contribution in [3.63, 3.8) is 0 Å². The molecule has 1 aliphatic heterocycles. The predicted octanol–water partition coefficient (Wildman–Crippen LogP) is 3.29. The third-order valence-electron chi connectivity index (χ3n) is 4.93. The summed E-state index contributed by atoms with van der Waals surface area (Å²) in [5, 5.41) is 3.88. The molecule has 5 heteroatoms. The van der Waals surface area contributed by atoms with Crippen molar-refractivity contribution in [1.29, 1.82) is 0 Å². The van der Waals surface area contributed by atoms with Crippen molar-refractivity contribution >= 4 is 0 Å². The largest absolute Gasteiger partial charge is 0.338 e. The van der Waals surface area contributed by atoms with Crippen LogP contribution in [0, 0.1) is 6.92 Å². The molecule has 0 amide bonds. The molecule has 5 nitrogen and oxygen atoms in total. The lowest BCUT2D eigenvalue weighted by Crippen LogP contribution is -2.47. The third-order valence-corrected chi connectivity index (χ3v) is 4.93. The first-order valence-electron chi connectivity index (χ1n) is 9.15. The van der Waals surface area contributed by atoms with Crippen LogP contribution in [-0.4, -0.2) is 46.1 Å². The molecule has 26 heavy (non-hydrogen) atoms. The molecule has 2 aromatic carbocycles. The van der Waals surface area contributed by atoms with Gasteiger partial charge in [-0.3, -0.25) is 9.80 Å². The number of nitrogens with zero attached hydrogens (tertiary/aromatic N) is 4. The summed E-state index contributed by atoms with van der Waals surface area (Å²) in [5.41, 5.74) is 2.69. The Morgan fingerprint density at radius 3 is 1.96 bits per heavy atom. The van der Waals surface area contributed by atoms with Crippen LogP contribution >= 0.6 is 0 Å². The summed E-state index contributed by atoms with van der Waals surface area (Å²) in [6.45, 7) is 6.61. The average molecular weight is 348 g/mol. The number of aromatic nitrogens is 2. The van der Waals surface area contributed by atoms with Crippen LogP contribution in [-0.2, 0) is 6.54 Å². The molecule has 0 atom stereocenters. The standard InChI is InChI=1S/C21H24N4O/c1-17-22-20(26-23-17)16-24-12-14-25(15-13-24)21(18-8-4-2-5-9-18)19-10-6-3-7-11-19/h2-11,21H,12-16H2,1H3. The predicted molar refractivity (Wildman–Crippen MR) is 101 cm³/mol. The zero-order chi connectivity index (χ0) is 17.8. The minimum Gasteiger partial charge on any atom is -0.338 e. The van der Waals surface area contributed by atoms with Gasteiger partial charge in [-0.2, -0.15) is 4.98 Å². The van der Waals surface area contributed by atoms with Crippen molar-refractivity contribution in [1.82, 2.24) is 19.9 Å². The van der Waals surface area contributed by atoms with Crippen molar-refractivity contribution in [2.24, 2.45) is 0 Å². The van der Waals surface area contributed by atoms with E-state index in [4.69, 9.17) is 4.52 Å². The van der Waals surface area contributed by atoms with Gasteiger partial charge in [0.25, 0.3) is 0 Å². The molecular formula is C21H24N4O. The number of rotatable bonds is 5. The Labute approximate surface area is 154 Å². The molecule has 0 N–H and O–H groups in total. The molecule has 0 radical (unpaired) electrons. The molecule has 0 saturated carbocycles. The smallest absolute Gasteiger partial charge is 0.240 e. The van der Waals surface area contributed by atoms with Crippen molar-refractivity contribution < 1.29 is 4.52 Å². The highest BCUT2D eigenvalue weighted by Crippen LogP contribution is 2.29. The minimum absolute atomic E-state index is 0.296. The maximum atomic E-state index is 5.26. The van der Waals surface area contributed by atoms with Gasteiger partial charge in [-0.1, -0.05) is 65.8 Å². The molecular weight excluding hydrogens is 324 g/mol. The lowest BCUT2D eigenvalue weighted by Gasteiger charge is -2.39. The number of hydrogen-bond acceptors (Lipinski definition) is 5. The molecule has 134 valence electrons. The van der Waals surface area contributed by atoms with Crippen molar-refractivity contribution in [2.45, 2.75) is 19.5 Å². The van der Waals surface area contributed by atoms with Crippen LogP contribution in [0.3, 0.4) is 0 Å². The number of aryl methyl sites for hydroxylation is 1.